The number of nitrogens with zero attached hydrogens (tertiary/aromatic N) is 5. The SMILES string of the molecule is CCn1ccc(C(=O)N(CCN(C)C)c2nc3c(F)cc(F)cc3s2)n1.Cl. The molecule has 27 heavy (non-hydrogen) atoms. The summed E-state index contributed by atoms with van der Waals surface area (Å²) in [4.78, 5) is 20.6. The lowest BCUT2D eigenvalue weighted by Crippen LogP contribution is -2.37. The Kier molecular flexibility index (Phi) is 6.85. The van der Waals surface area contributed by atoms with Gasteiger partial charge in [0, 0.05) is 31.9 Å². The van der Waals surface area contributed by atoms with Crippen molar-refractivity contribution in [3.8, 4) is 0 Å². The van der Waals surface area contributed by atoms with Crippen molar-refractivity contribution in [2.24, 2.45) is 0 Å². The average molecular weight is 416 g/mol. The minimum absolute atomic E-state index is 0. The zero-order valence-electron chi connectivity index (χ0n) is 15.1. The maximum absolute atomic E-state index is 14.0. The molecule has 0 N–H and O–H groups in total. The Morgan fingerprint density at radius 2 is 2.00 bits per heavy atom. The summed E-state index contributed by atoms with van der Waals surface area (Å²) in [5, 5.41) is 4.56. The van der Waals surface area contributed by atoms with Crippen LogP contribution in [0.5, 0.6) is 0 Å². The van der Waals surface area contributed by atoms with Crippen molar-refractivity contribution in [2.75, 3.05) is 32.1 Å². The van der Waals surface area contributed by atoms with E-state index in [2.05, 4.69) is 10.1 Å². The lowest BCUT2D eigenvalue weighted by Gasteiger charge is -2.21. The Labute approximate surface area is 165 Å². The van der Waals surface area contributed by atoms with Gasteiger partial charge in [-0.3, -0.25) is 14.4 Å². The number of rotatable bonds is 6. The Morgan fingerprint density at radius 3 is 2.63 bits per heavy atom. The molecule has 3 aromatic rings. The van der Waals surface area contributed by atoms with Crippen molar-refractivity contribution in [1.29, 1.82) is 0 Å². The van der Waals surface area contributed by atoms with Crippen LogP contribution in [-0.4, -0.2) is 52.8 Å². The van der Waals surface area contributed by atoms with Crippen LogP contribution >= 0.6 is 23.7 Å². The maximum Gasteiger partial charge on any atom is 0.280 e. The molecule has 6 nitrogen and oxygen atoms in total. The number of aryl methyl sites for hydroxylation is 1. The Bertz CT molecular complexity index is 943. The van der Waals surface area contributed by atoms with Crippen LogP contribution in [0.2, 0.25) is 0 Å². The molecule has 0 radical (unpaired) electrons. The molecule has 0 unspecified atom stereocenters. The Morgan fingerprint density at radius 1 is 1.26 bits per heavy atom. The number of amides is 1. The van der Waals surface area contributed by atoms with Gasteiger partial charge in [0.05, 0.1) is 4.70 Å². The number of halogens is 3. The molecule has 146 valence electrons. The van der Waals surface area contributed by atoms with Crippen LogP contribution in [-0.2, 0) is 6.54 Å². The van der Waals surface area contributed by atoms with E-state index < -0.39 is 11.6 Å². The van der Waals surface area contributed by atoms with Crippen molar-refractivity contribution in [3.05, 3.63) is 41.7 Å². The van der Waals surface area contributed by atoms with Gasteiger partial charge in [-0.2, -0.15) is 5.10 Å². The summed E-state index contributed by atoms with van der Waals surface area (Å²) < 4.78 is 29.5. The van der Waals surface area contributed by atoms with Crippen LogP contribution in [0.1, 0.15) is 17.4 Å². The first-order valence-electron chi connectivity index (χ1n) is 8.14. The number of anilines is 1. The first-order valence-corrected chi connectivity index (χ1v) is 8.96. The van der Waals surface area contributed by atoms with Gasteiger partial charge in [0.25, 0.3) is 5.91 Å². The summed E-state index contributed by atoms with van der Waals surface area (Å²) in [5.74, 6) is -1.73. The van der Waals surface area contributed by atoms with E-state index in [9.17, 15) is 13.6 Å². The van der Waals surface area contributed by atoms with E-state index in [4.69, 9.17) is 0 Å². The van der Waals surface area contributed by atoms with Crippen molar-refractivity contribution in [1.82, 2.24) is 19.7 Å². The number of aromatic nitrogens is 3. The maximum atomic E-state index is 14.0. The predicted molar refractivity (Wildman–Crippen MR) is 105 cm³/mol. The van der Waals surface area contributed by atoms with E-state index in [1.165, 1.54) is 11.0 Å². The fourth-order valence-corrected chi connectivity index (χ4v) is 3.46. The number of fused-ring (bicyclic) bond motifs is 1. The molecular formula is C17H20ClF2N5OS. The van der Waals surface area contributed by atoms with Gasteiger partial charge in [-0.15, -0.1) is 12.4 Å². The van der Waals surface area contributed by atoms with Crippen LogP contribution < -0.4 is 4.90 Å². The fraction of sp³-hybridized carbons (Fsp3) is 0.353. The molecule has 1 aromatic carbocycles. The summed E-state index contributed by atoms with van der Waals surface area (Å²) in [7, 11) is 3.78. The molecular weight excluding hydrogens is 396 g/mol. The van der Waals surface area contributed by atoms with Crippen LogP contribution in [0.15, 0.2) is 24.4 Å². The summed E-state index contributed by atoms with van der Waals surface area (Å²) in [6.45, 7) is 3.52. The van der Waals surface area contributed by atoms with E-state index in [-0.39, 0.29) is 29.5 Å². The zero-order valence-corrected chi connectivity index (χ0v) is 16.8. The van der Waals surface area contributed by atoms with Gasteiger partial charge in [0.1, 0.15) is 11.3 Å². The molecule has 0 aliphatic rings. The third kappa shape index (κ3) is 4.60. The predicted octanol–water partition coefficient (Wildman–Crippen LogP) is 3.42. The molecule has 0 saturated carbocycles. The third-order valence-corrected chi connectivity index (χ3v) is 4.86. The summed E-state index contributed by atoms with van der Waals surface area (Å²) in [6.07, 6.45) is 1.73. The average Bonchev–Trinajstić information content (AvgIpc) is 3.21. The van der Waals surface area contributed by atoms with Crippen LogP contribution in [0.3, 0.4) is 0 Å². The minimum Gasteiger partial charge on any atom is -0.308 e. The van der Waals surface area contributed by atoms with Crippen molar-refractivity contribution >= 4 is 45.0 Å². The largest absolute Gasteiger partial charge is 0.308 e. The number of hydrogen-bond donors (Lipinski definition) is 0. The molecule has 0 atom stereocenters. The second kappa shape index (κ2) is 8.73. The quantitative estimate of drug-likeness (QED) is 0.619. The number of thiazole rings is 1. The number of hydrogen-bond acceptors (Lipinski definition) is 5. The highest BCUT2D eigenvalue weighted by atomic mass is 35.5. The van der Waals surface area contributed by atoms with E-state index in [1.807, 2.05) is 25.9 Å². The van der Waals surface area contributed by atoms with Gasteiger partial charge in [0.15, 0.2) is 16.6 Å². The normalized spacial score (nSPS) is 11.0. The van der Waals surface area contributed by atoms with Gasteiger partial charge in [-0.25, -0.2) is 13.8 Å². The van der Waals surface area contributed by atoms with E-state index >= 15 is 0 Å². The molecule has 0 aliphatic carbocycles. The fourth-order valence-electron chi connectivity index (χ4n) is 2.44. The second-order valence-electron chi connectivity index (χ2n) is 6.05. The summed E-state index contributed by atoms with van der Waals surface area (Å²) in [6, 6.07) is 3.66. The summed E-state index contributed by atoms with van der Waals surface area (Å²) >= 11 is 1.08. The van der Waals surface area contributed by atoms with E-state index in [0.29, 0.717) is 29.5 Å². The topological polar surface area (TPSA) is 54.3 Å². The van der Waals surface area contributed by atoms with Gasteiger partial charge in [0.2, 0.25) is 0 Å². The molecule has 0 saturated heterocycles. The Balaban J connectivity index is 0.00000261. The van der Waals surface area contributed by atoms with Crippen LogP contribution in [0, 0.1) is 11.6 Å². The molecule has 0 aliphatic heterocycles. The van der Waals surface area contributed by atoms with E-state index in [0.717, 1.165) is 17.4 Å². The van der Waals surface area contributed by atoms with Crippen LogP contribution in [0.25, 0.3) is 10.2 Å². The number of carbonyl (C=O) groups is 1. The number of benzene rings is 1. The minimum atomic E-state index is -0.738. The highest BCUT2D eigenvalue weighted by Gasteiger charge is 2.24. The lowest BCUT2D eigenvalue weighted by atomic mass is 10.3. The summed E-state index contributed by atoms with van der Waals surface area (Å²) in [5.41, 5.74) is 0.352. The number of likely N-dealkylation sites (N-methyl/N-ethyl adjacent to an activating group) is 1. The molecule has 10 heteroatoms. The standard InChI is InChI=1S/C17H19F2N5OS.ClH/c1-4-23-6-5-13(21-23)16(25)24(8-7-22(2)3)17-20-15-12(19)9-11(18)10-14(15)26-17;/h5-6,9-10H,4,7-8H2,1-3H3;1H. The van der Waals surface area contributed by atoms with Crippen molar-refractivity contribution < 1.29 is 13.6 Å². The van der Waals surface area contributed by atoms with Crippen LogP contribution in [0.4, 0.5) is 13.9 Å². The molecule has 0 fully saturated rings. The molecule has 2 aromatic heterocycles. The first-order chi connectivity index (χ1) is 12.4. The molecule has 3 rings (SSSR count). The highest BCUT2D eigenvalue weighted by Crippen LogP contribution is 2.31. The smallest absolute Gasteiger partial charge is 0.280 e. The second-order valence-corrected chi connectivity index (χ2v) is 7.06. The van der Waals surface area contributed by atoms with Crippen molar-refractivity contribution in [3.63, 3.8) is 0 Å². The highest BCUT2D eigenvalue weighted by molar-refractivity contribution is 7.22. The van der Waals surface area contributed by atoms with Gasteiger partial charge >= 0.3 is 0 Å². The molecule has 0 bridgehead atoms. The van der Waals surface area contributed by atoms with Crippen molar-refractivity contribution in [2.45, 2.75) is 13.5 Å². The zero-order chi connectivity index (χ0) is 18.8. The molecule has 0 spiro atoms. The van der Waals surface area contributed by atoms with Gasteiger partial charge < -0.3 is 4.90 Å². The lowest BCUT2D eigenvalue weighted by molar-refractivity contribution is 0.0979. The van der Waals surface area contributed by atoms with Gasteiger partial charge in [-0.1, -0.05) is 11.3 Å². The number of carbonyl (C=O) groups excluding carboxylic acids is 1. The van der Waals surface area contributed by atoms with Gasteiger partial charge in [-0.05, 0) is 33.2 Å². The first kappa shape index (κ1) is 21.2. The Hall–Kier alpha value is -2.10. The molecule has 2 heterocycles. The third-order valence-electron chi connectivity index (χ3n) is 3.83. The van der Waals surface area contributed by atoms with E-state index in [1.54, 1.807) is 16.9 Å². The monoisotopic (exact) mass is 415 g/mol. The molecule has 1 amide bonds.